The fourth-order valence-corrected chi connectivity index (χ4v) is 2.56. The molecule has 0 fully saturated rings. The van der Waals surface area contributed by atoms with Crippen molar-refractivity contribution >= 4 is 5.69 Å². The number of rotatable bonds is 9. The molecular weight excluding hydrogens is 298 g/mol. The average molecular weight is 325 g/mol. The first-order valence-corrected chi connectivity index (χ1v) is 8.52. The van der Waals surface area contributed by atoms with Crippen LogP contribution in [0.15, 0.2) is 72.8 Å². The highest BCUT2D eigenvalue weighted by Gasteiger charge is 2.13. The smallest absolute Gasteiger partial charge is 0.0824 e. The van der Waals surface area contributed by atoms with Crippen LogP contribution in [0.1, 0.15) is 31.4 Å². The van der Waals surface area contributed by atoms with E-state index in [1.807, 2.05) is 73.7 Å². The lowest BCUT2D eigenvalue weighted by Crippen LogP contribution is -2.24. The zero-order valence-corrected chi connectivity index (χ0v) is 14.2. The highest BCUT2D eigenvalue weighted by atomic mass is 16.3. The van der Waals surface area contributed by atoms with Crippen LogP contribution in [0.3, 0.4) is 0 Å². The minimum absolute atomic E-state index is 0.135. The van der Waals surface area contributed by atoms with Crippen molar-refractivity contribution < 1.29 is 10.2 Å². The molecule has 2 aromatic rings. The van der Waals surface area contributed by atoms with E-state index in [-0.39, 0.29) is 12.0 Å². The molecule has 0 heterocycles. The maximum atomic E-state index is 10.1. The molecule has 3 heteroatoms. The largest absolute Gasteiger partial charge is 0.393 e. The number of aliphatic hydroxyl groups is 2. The summed E-state index contributed by atoms with van der Waals surface area (Å²) in [6.45, 7) is 2.54. The highest BCUT2D eigenvalue weighted by molar-refractivity contribution is 5.42. The van der Waals surface area contributed by atoms with Crippen LogP contribution in [0.4, 0.5) is 5.69 Å². The van der Waals surface area contributed by atoms with Crippen molar-refractivity contribution in [2.75, 3.05) is 11.9 Å². The second-order valence-electron chi connectivity index (χ2n) is 6.12. The van der Waals surface area contributed by atoms with Gasteiger partial charge in [-0.15, -0.1) is 0 Å². The first kappa shape index (κ1) is 18.2. The number of hydrogen-bond acceptors (Lipinski definition) is 3. The Morgan fingerprint density at radius 2 is 1.46 bits per heavy atom. The molecule has 0 aliphatic heterocycles. The molecule has 0 aliphatic carbocycles. The first-order chi connectivity index (χ1) is 11.7. The number of benzene rings is 2. The summed E-state index contributed by atoms with van der Waals surface area (Å²) in [7, 11) is 0. The Balaban J connectivity index is 1.78. The van der Waals surface area contributed by atoms with E-state index in [0.717, 1.165) is 17.7 Å². The Bertz CT molecular complexity index is 596. The van der Waals surface area contributed by atoms with Crippen molar-refractivity contribution in [3.63, 3.8) is 0 Å². The SMILES string of the molecule is C[C@@H](O)[C@@H](C/C=C/CC(O)c1ccccc1)CNc1ccccc1. The van der Waals surface area contributed by atoms with Crippen LogP contribution in [-0.4, -0.2) is 22.9 Å². The van der Waals surface area contributed by atoms with Gasteiger partial charge in [-0.3, -0.25) is 0 Å². The summed E-state index contributed by atoms with van der Waals surface area (Å²) in [5.41, 5.74) is 1.99. The molecule has 0 bridgehead atoms. The molecule has 24 heavy (non-hydrogen) atoms. The molecule has 3 atom stereocenters. The van der Waals surface area contributed by atoms with Crippen molar-refractivity contribution in [2.45, 2.75) is 32.0 Å². The summed E-state index contributed by atoms with van der Waals surface area (Å²) >= 11 is 0. The molecule has 0 radical (unpaired) electrons. The molecule has 128 valence electrons. The monoisotopic (exact) mass is 325 g/mol. The van der Waals surface area contributed by atoms with E-state index in [2.05, 4.69) is 11.4 Å². The van der Waals surface area contributed by atoms with Gasteiger partial charge in [0.25, 0.3) is 0 Å². The lowest BCUT2D eigenvalue weighted by Gasteiger charge is -2.19. The summed E-state index contributed by atoms with van der Waals surface area (Å²) in [6.07, 6.45) is 4.55. The molecule has 3 nitrogen and oxygen atoms in total. The summed E-state index contributed by atoms with van der Waals surface area (Å²) in [6, 6.07) is 19.7. The van der Waals surface area contributed by atoms with E-state index in [9.17, 15) is 10.2 Å². The van der Waals surface area contributed by atoms with Crippen LogP contribution in [-0.2, 0) is 0 Å². The quantitative estimate of drug-likeness (QED) is 0.607. The number of para-hydroxylation sites is 1. The van der Waals surface area contributed by atoms with Crippen molar-refractivity contribution in [3.05, 3.63) is 78.4 Å². The molecule has 0 amide bonds. The third-order valence-corrected chi connectivity index (χ3v) is 4.17. The Labute approximate surface area is 144 Å². The molecule has 0 aromatic heterocycles. The normalized spacial score (nSPS) is 15.1. The van der Waals surface area contributed by atoms with E-state index in [1.54, 1.807) is 0 Å². The van der Waals surface area contributed by atoms with Gasteiger partial charge in [0.2, 0.25) is 0 Å². The fourth-order valence-electron chi connectivity index (χ4n) is 2.56. The minimum atomic E-state index is -0.477. The fraction of sp³-hybridized carbons (Fsp3) is 0.333. The van der Waals surface area contributed by atoms with Gasteiger partial charge in [-0.25, -0.2) is 0 Å². The second-order valence-corrected chi connectivity index (χ2v) is 6.12. The van der Waals surface area contributed by atoms with Gasteiger partial charge in [-0.05, 0) is 37.5 Å². The number of aliphatic hydroxyl groups excluding tert-OH is 2. The van der Waals surface area contributed by atoms with Crippen molar-refractivity contribution in [1.29, 1.82) is 0 Å². The summed E-state index contributed by atoms with van der Waals surface area (Å²) < 4.78 is 0. The number of hydrogen-bond donors (Lipinski definition) is 3. The van der Waals surface area contributed by atoms with E-state index >= 15 is 0 Å². The molecule has 0 spiro atoms. The van der Waals surface area contributed by atoms with Crippen LogP contribution in [0.5, 0.6) is 0 Å². The third kappa shape index (κ3) is 6.19. The maximum Gasteiger partial charge on any atom is 0.0824 e. The van der Waals surface area contributed by atoms with Crippen LogP contribution in [0.2, 0.25) is 0 Å². The van der Waals surface area contributed by atoms with Crippen LogP contribution in [0, 0.1) is 5.92 Å². The van der Waals surface area contributed by atoms with Gasteiger partial charge in [-0.1, -0.05) is 60.7 Å². The Kier molecular flexibility index (Phi) is 7.53. The van der Waals surface area contributed by atoms with Gasteiger partial charge >= 0.3 is 0 Å². The van der Waals surface area contributed by atoms with E-state index in [0.29, 0.717) is 13.0 Å². The predicted octanol–water partition coefficient (Wildman–Crippen LogP) is 4.17. The van der Waals surface area contributed by atoms with Crippen molar-refractivity contribution in [3.8, 4) is 0 Å². The van der Waals surface area contributed by atoms with Crippen LogP contribution in [0.25, 0.3) is 0 Å². The Morgan fingerprint density at radius 1 is 0.875 bits per heavy atom. The molecule has 2 aromatic carbocycles. The molecule has 3 N–H and O–H groups in total. The zero-order chi connectivity index (χ0) is 17.2. The topological polar surface area (TPSA) is 52.5 Å². The lowest BCUT2D eigenvalue weighted by molar-refractivity contribution is 0.133. The van der Waals surface area contributed by atoms with Crippen LogP contribution < -0.4 is 5.32 Å². The molecule has 2 rings (SSSR count). The van der Waals surface area contributed by atoms with E-state index in [1.165, 1.54) is 0 Å². The van der Waals surface area contributed by atoms with Gasteiger partial charge in [0.05, 0.1) is 12.2 Å². The van der Waals surface area contributed by atoms with Crippen molar-refractivity contribution in [2.24, 2.45) is 5.92 Å². The standard InChI is InChI=1S/C21H27NO2/c1-17(23)19(16-22-20-13-6-3-7-14-20)12-8-9-15-21(24)18-10-4-2-5-11-18/h2-11,13-14,17,19,21-24H,12,15-16H2,1H3/b9-8+/t17-,19+,21?/m1/s1. The minimum Gasteiger partial charge on any atom is -0.393 e. The third-order valence-electron chi connectivity index (χ3n) is 4.17. The Hall–Kier alpha value is -2.10. The molecule has 0 saturated heterocycles. The van der Waals surface area contributed by atoms with Crippen molar-refractivity contribution in [1.82, 2.24) is 0 Å². The number of nitrogens with one attached hydrogen (secondary N) is 1. The summed E-state index contributed by atoms with van der Waals surface area (Å²) in [5, 5.41) is 23.4. The van der Waals surface area contributed by atoms with E-state index in [4.69, 9.17) is 0 Å². The average Bonchev–Trinajstić information content (AvgIpc) is 2.62. The van der Waals surface area contributed by atoms with E-state index < -0.39 is 6.10 Å². The maximum absolute atomic E-state index is 10.1. The van der Waals surface area contributed by atoms with Gasteiger partial charge < -0.3 is 15.5 Å². The number of allylic oxidation sites excluding steroid dienone is 1. The van der Waals surface area contributed by atoms with Gasteiger partial charge in [-0.2, -0.15) is 0 Å². The molecular formula is C21H27NO2. The predicted molar refractivity (Wildman–Crippen MR) is 99.9 cm³/mol. The summed E-state index contributed by atoms with van der Waals surface area (Å²) in [5.74, 6) is 0.135. The van der Waals surface area contributed by atoms with Gasteiger partial charge in [0.15, 0.2) is 0 Å². The molecule has 1 unspecified atom stereocenters. The number of anilines is 1. The van der Waals surface area contributed by atoms with Crippen LogP contribution >= 0.6 is 0 Å². The second kappa shape index (κ2) is 9.91. The molecule has 0 aliphatic rings. The Morgan fingerprint density at radius 3 is 2.08 bits per heavy atom. The lowest BCUT2D eigenvalue weighted by atomic mass is 9.98. The highest BCUT2D eigenvalue weighted by Crippen LogP contribution is 2.18. The first-order valence-electron chi connectivity index (χ1n) is 8.52. The summed E-state index contributed by atoms with van der Waals surface area (Å²) in [4.78, 5) is 0. The zero-order valence-electron chi connectivity index (χ0n) is 14.2. The van der Waals surface area contributed by atoms with Gasteiger partial charge in [0, 0.05) is 18.2 Å². The molecule has 0 saturated carbocycles. The van der Waals surface area contributed by atoms with Gasteiger partial charge in [0.1, 0.15) is 0 Å².